The van der Waals surface area contributed by atoms with Gasteiger partial charge in [-0.25, -0.2) is 13.2 Å². The van der Waals surface area contributed by atoms with E-state index in [4.69, 9.17) is 0 Å². The number of benzene rings is 1. The van der Waals surface area contributed by atoms with Crippen LogP contribution in [-0.2, 0) is 5.92 Å². The highest BCUT2D eigenvalue weighted by Crippen LogP contribution is 2.32. The Hall–Kier alpha value is -2.83. The van der Waals surface area contributed by atoms with E-state index in [-0.39, 0.29) is 5.56 Å². The molecule has 0 fully saturated rings. The van der Waals surface area contributed by atoms with Gasteiger partial charge in [0.05, 0.1) is 17.3 Å². The van der Waals surface area contributed by atoms with E-state index in [1.165, 1.54) is 12.1 Å². The molecule has 2 rings (SSSR count). The minimum absolute atomic E-state index is 0.139. The van der Waals surface area contributed by atoms with E-state index in [1.807, 2.05) is 46.9 Å². The number of aryl methyl sites for hydroxylation is 1. The van der Waals surface area contributed by atoms with Gasteiger partial charge in [-0.15, -0.1) is 5.10 Å². The highest BCUT2D eigenvalue weighted by molar-refractivity contribution is 5.54. The number of hydrogen-bond donors (Lipinski definition) is 1. The number of allylic oxidation sites excluding steroid dienone is 1. The van der Waals surface area contributed by atoms with E-state index < -0.39 is 23.3 Å². The van der Waals surface area contributed by atoms with Crippen LogP contribution in [0.3, 0.4) is 0 Å². The van der Waals surface area contributed by atoms with Crippen molar-refractivity contribution in [2.75, 3.05) is 12.4 Å². The molecule has 1 aromatic heterocycles. The first-order chi connectivity index (χ1) is 17.8. The molecule has 2 aromatic rings. The summed E-state index contributed by atoms with van der Waals surface area (Å²) in [5, 5.41) is 13.5. The summed E-state index contributed by atoms with van der Waals surface area (Å²) in [5.41, 5.74) is 1.10. The predicted octanol–water partition coefficient (Wildman–Crippen LogP) is 7.48. The zero-order chi connectivity index (χ0) is 29.2. The Bertz CT molecular complexity index is 1170. The second-order valence-electron chi connectivity index (χ2n) is 9.99. The van der Waals surface area contributed by atoms with Crippen LogP contribution in [0.15, 0.2) is 30.5 Å². The molecular formula is C31H47F3N4. The molecule has 38 heavy (non-hydrogen) atoms. The molecule has 0 spiro atoms. The van der Waals surface area contributed by atoms with Gasteiger partial charge in [0.2, 0.25) is 0 Å². The summed E-state index contributed by atoms with van der Waals surface area (Å²) >= 11 is 0. The largest absolute Gasteiger partial charge is 0.372 e. The Morgan fingerprint density at radius 2 is 1.76 bits per heavy atom. The fraction of sp³-hybridized carbons (Fsp3) is 0.548. The van der Waals surface area contributed by atoms with Gasteiger partial charge >= 0.3 is 0 Å². The van der Waals surface area contributed by atoms with Crippen molar-refractivity contribution in [1.82, 2.24) is 15.1 Å². The van der Waals surface area contributed by atoms with Gasteiger partial charge in [-0.1, -0.05) is 65.5 Å². The number of aromatic nitrogens is 2. The number of rotatable bonds is 11. The van der Waals surface area contributed by atoms with E-state index in [2.05, 4.69) is 47.8 Å². The molecule has 2 atom stereocenters. The molecule has 0 aliphatic heterocycles. The number of nitrogens with one attached hydrogen (secondary N) is 1. The van der Waals surface area contributed by atoms with E-state index in [1.54, 1.807) is 6.92 Å². The molecule has 4 nitrogen and oxygen atoms in total. The molecule has 0 aliphatic rings. The lowest BCUT2D eigenvalue weighted by Crippen LogP contribution is -2.36. The highest BCUT2D eigenvalue weighted by Gasteiger charge is 2.30. The van der Waals surface area contributed by atoms with Gasteiger partial charge in [-0.05, 0) is 52.0 Å². The van der Waals surface area contributed by atoms with Gasteiger partial charge in [-0.2, -0.15) is 5.10 Å². The highest BCUT2D eigenvalue weighted by atomic mass is 19.3. The van der Waals surface area contributed by atoms with Crippen molar-refractivity contribution < 1.29 is 13.2 Å². The number of anilines is 1. The molecule has 7 heteroatoms. The van der Waals surface area contributed by atoms with Gasteiger partial charge in [-0.3, -0.25) is 0 Å². The zero-order valence-electron chi connectivity index (χ0n) is 24.9. The third-order valence-corrected chi connectivity index (χ3v) is 6.71. The van der Waals surface area contributed by atoms with Crippen molar-refractivity contribution in [2.45, 2.75) is 99.6 Å². The molecule has 0 saturated heterocycles. The Morgan fingerprint density at radius 3 is 2.29 bits per heavy atom. The summed E-state index contributed by atoms with van der Waals surface area (Å²) in [4.78, 5) is 2.19. The van der Waals surface area contributed by atoms with E-state index in [0.717, 1.165) is 47.2 Å². The number of halogens is 3. The molecule has 1 N–H and O–H groups in total. The standard InChI is InChI=1S/C29H41F3N4.C2H6/c1-10-22(16-15-18(3)4)36(9)19(5)17-25-23(11-2)21(7)34-35-28(25)33-20(6)24-13-12-14-26(27(24)30)29(8,31)32;1-2/h11-14,17-18,20,22H,5,10,15-16H2,1-4,6-9H3,(H,33,35);1-2H3/b23-11-,25-17+;/t20-,22?;/m1./s1. The topological polar surface area (TPSA) is 41.1 Å². The number of alkyl halides is 2. The lowest BCUT2D eigenvalue weighted by Gasteiger charge is -2.30. The molecule has 1 aromatic carbocycles. The predicted molar refractivity (Wildman–Crippen MR) is 155 cm³/mol. The summed E-state index contributed by atoms with van der Waals surface area (Å²) in [5.74, 6) is -3.13. The average Bonchev–Trinajstić information content (AvgIpc) is 2.86. The zero-order valence-corrected chi connectivity index (χ0v) is 24.9. The summed E-state index contributed by atoms with van der Waals surface area (Å²) in [7, 11) is 2.05. The molecule has 0 bridgehead atoms. The minimum Gasteiger partial charge on any atom is -0.372 e. The monoisotopic (exact) mass is 532 g/mol. The summed E-state index contributed by atoms with van der Waals surface area (Å²) in [6.45, 7) is 21.2. The third-order valence-electron chi connectivity index (χ3n) is 6.71. The van der Waals surface area contributed by atoms with E-state index >= 15 is 4.39 Å². The minimum atomic E-state index is -3.28. The van der Waals surface area contributed by atoms with Crippen LogP contribution in [0.25, 0.3) is 12.2 Å². The van der Waals surface area contributed by atoms with E-state index in [0.29, 0.717) is 24.7 Å². The van der Waals surface area contributed by atoms with Crippen LogP contribution in [0.5, 0.6) is 0 Å². The first kappa shape index (κ1) is 33.2. The molecule has 0 amide bonds. The van der Waals surface area contributed by atoms with Gasteiger partial charge in [0.1, 0.15) is 5.82 Å². The summed E-state index contributed by atoms with van der Waals surface area (Å²) in [6.07, 6.45) is 7.12. The lowest BCUT2D eigenvalue weighted by molar-refractivity contribution is 0.0136. The van der Waals surface area contributed by atoms with Crippen LogP contribution >= 0.6 is 0 Å². The van der Waals surface area contributed by atoms with Crippen LogP contribution in [-0.4, -0.2) is 28.2 Å². The molecule has 0 radical (unpaired) electrons. The van der Waals surface area contributed by atoms with Crippen LogP contribution in [0.2, 0.25) is 0 Å². The summed E-state index contributed by atoms with van der Waals surface area (Å²) in [6, 6.07) is 3.80. The van der Waals surface area contributed by atoms with Crippen molar-refractivity contribution in [2.24, 2.45) is 5.92 Å². The maximum atomic E-state index is 15.0. The molecule has 1 unspecified atom stereocenters. The fourth-order valence-corrected chi connectivity index (χ4v) is 4.38. The Kier molecular flexibility index (Phi) is 13.0. The van der Waals surface area contributed by atoms with Crippen molar-refractivity contribution in [3.05, 3.63) is 63.6 Å². The van der Waals surface area contributed by atoms with Crippen LogP contribution in [0.4, 0.5) is 19.0 Å². The van der Waals surface area contributed by atoms with Gasteiger partial charge in [0.15, 0.2) is 5.82 Å². The Balaban J connectivity index is 0.00000352. The maximum Gasteiger partial charge on any atom is 0.273 e. The Labute approximate surface area is 227 Å². The van der Waals surface area contributed by atoms with Crippen LogP contribution < -0.4 is 15.8 Å². The molecule has 0 saturated carbocycles. The third kappa shape index (κ3) is 8.60. The van der Waals surface area contributed by atoms with Gasteiger partial charge < -0.3 is 10.2 Å². The smallest absolute Gasteiger partial charge is 0.273 e. The molecule has 0 aliphatic carbocycles. The fourth-order valence-electron chi connectivity index (χ4n) is 4.38. The lowest BCUT2D eigenvalue weighted by atomic mass is 10.00. The SMILES string of the molecule is C=C(/C=c1/c(N[C@H](C)c2cccc(C(C)(F)F)c2F)nnc(C)/c1=C/C)N(C)C(CC)CCC(C)C.CC. The second-order valence-corrected chi connectivity index (χ2v) is 9.99. The first-order valence-electron chi connectivity index (χ1n) is 13.7. The molecule has 212 valence electrons. The Morgan fingerprint density at radius 1 is 1.13 bits per heavy atom. The first-order valence-corrected chi connectivity index (χ1v) is 13.7. The summed E-state index contributed by atoms with van der Waals surface area (Å²) < 4.78 is 42.8. The molecule has 1 heterocycles. The van der Waals surface area contributed by atoms with E-state index in [9.17, 15) is 8.78 Å². The quantitative estimate of drug-likeness (QED) is 0.326. The maximum absolute atomic E-state index is 15.0. The number of hydrogen-bond acceptors (Lipinski definition) is 4. The van der Waals surface area contributed by atoms with Crippen molar-refractivity contribution >= 4 is 18.0 Å². The van der Waals surface area contributed by atoms with Gasteiger partial charge in [0.25, 0.3) is 5.92 Å². The number of nitrogens with zero attached hydrogens (tertiary/aromatic N) is 3. The van der Waals surface area contributed by atoms with Gasteiger partial charge in [0, 0.05) is 41.7 Å². The van der Waals surface area contributed by atoms with Crippen molar-refractivity contribution in [1.29, 1.82) is 0 Å². The van der Waals surface area contributed by atoms with Crippen LogP contribution in [0, 0.1) is 18.7 Å². The van der Waals surface area contributed by atoms with Crippen molar-refractivity contribution in [3.8, 4) is 0 Å². The normalized spacial score (nSPS) is 14.2. The molecular weight excluding hydrogens is 485 g/mol. The van der Waals surface area contributed by atoms with Crippen LogP contribution in [0.1, 0.15) is 97.5 Å². The second kappa shape index (κ2) is 14.9. The van der Waals surface area contributed by atoms with Crippen molar-refractivity contribution in [3.63, 3.8) is 0 Å². The average molecular weight is 533 g/mol.